The Labute approximate surface area is 160 Å². The smallest absolute Gasteiger partial charge is 0.0648 e. The fourth-order valence-electron chi connectivity index (χ4n) is 2.39. The first-order valence-corrected chi connectivity index (χ1v) is 8.88. The van der Waals surface area contributed by atoms with Gasteiger partial charge in [-0.15, -0.1) is 0 Å². The summed E-state index contributed by atoms with van der Waals surface area (Å²) in [4.78, 5) is 2.15. The van der Waals surface area contributed by atoms with E-state index in [4.69, 9.17) is 23.2 Å². The van der Waals surface area contributed by atoms with E-state index in [0.29, 0.717) is 10.0 Å². The van der Waals surface area contributed by atoms with Crippen LogP contribution in [-0.2, 0) is 0 Å². The molecule has 0 spiro atoms. The van der Waals surface area contributed by atoms with Crippen LogP contribution in [0, 0.1) is 5.92 Å². The number of nitrogens with one attached hydrogen (secondary N) is 1. The maximum Gasteiger partial charge on any atom is 0.0648 e. The van der Waals surface area contributed by atoms with Crippen molar-refractivity contribution in [3.05, 3.63) is 70.2 Å². The second kappa shape index (κ2) is 9.62. The second-order valence-corrected chi connectivity index (χ2v) is 7.00. The second-order valence-electron chi connectivity index (χ2n) is 6.18. The van der Waals surface area contributed by atoms with Crippen LogP contribution in [0.2, 0.25) is 10.0 Å². The topological polar surface area (TPSA) is 27.6 Å². The minimum atomic E-state index is 0.269. The van der Waals surface area contributed by atoms with Crippen molar-refractivity contribution < 1.29 is 0 Å². The highest BCUT2D eigenvalue weighted by Gasteiger charge is 2.10. The molecule has 0 bridgehead atoms. The van der Waals surface area contributed by atoms with Gasteiger partial charge in [0.1, 0.15) is 0 Å². The molecule has 1 N–H and O–H groups in total. The molecule has 2 rings (SSSR count). The molecule has 0 fully saturated rings. The Morgan fingerprint density at radius 3 is 2.48 bits per heavy atom. The zero-order valence-electron chi connectivity index (χ0n) is 14.7. The van der Waals surface area contributed by atoms with Crippen LogP contribution in [0.3, 0.4) is 0 Å². The molecule has 0 saturated heterocycles. The molecule has 0 aromatic heterocycles. The normalized spacial score (nSPS) is 13.4. The Morgan fingerprint density at radius 1 is 1.12 bits per heavy atom. The third-order valence-electron chi connectivity index (χ3n) is 3.62. The average Bonchev–Trinajstić information content (AvgIpc) is 2.58. The number of para-hydroxylation sites is 1. The van der Waals surface area contributed by atoms with E-state index in [0.717, 1.165) is 23.5 Å². The van der Waals surface area contributed by atoms with Crippen LogP contribution in [0.1, 0.15) is 12.5 Å². The molecule has 1 atom stereocenters. The maximum atomic E-state index is 6.09. The van der Waals surface area contributed by atoms with Gasteiger partial charge in [0.05, 0.1) is 21.4 Å². The van der Waals surface area contributed by atoms with Gasteiger partial charge in [-0.2, -0.15) is 5.10 Å². The van der Waals surface area contributed by atoms with E-state index in [2.05, 4.69) is 36.4 Å². The number of anilines is 1. The van der Waals surface area contributed by atoms with Crippen LogP contribution >= 0.6 is 23.2 Å². The summed E-state index contributed by atoms with van der Waals surface area (Å²) in [6.45, 7) is 3.06. The largest absolute Gasteiger partial charge is 0.309 e. The summed E-state index contributed by atoms with van der Waals surface area (Å²) >= 11 is 12.1. The van der Waals surface area contributed by atoms with E-state index in [1.54, 1.807) is 6.07 Å². The standard InChI is InChI=1S/C20H23Cl2N3/c1-15(14-25(2)3)20(24-23-17-7-5-4-6-8-17)12-10-16-9-11-18(21)19(22)13-16/h4-13,15,23H,14H2,1-3H3/b12-10+,24-20-/t15-/m0/s1. The lowest BCUT2D eigenvalue weighted by Gasteiger charge is -2.17. The Kier molecular flexibility index (Phi) is 7.51. The number of allylic oxidation sites excluding steroid dienone is 1. The van der Waals surface area contributed by atoms with E-state index in [1.807, 2.05) is 54.6 Å². The number of benzene rings is 2. The molecule has 0 amide bonds. The Bertz CT molecular complexity index is 740. The van der Waals surface area contributed by atoms with Crippen molar-refractivity contribution in [1.29, 1.82) is 0 Å². The summed E-state index contributed by atoms with van der Waals surface area (Å²) in [5, 5.41) is 5.70. The molecular weight excluding hydrogens is 353 g/mol. The van der Waals surface area contributed by atoms with Crippen molar-refractivity contribution in [1.82, 2.24) is 4.90 Å². The first-order chi connectivity index (χ1) is 12.0. The van der Waals surface area contributed by atoms with Crippen molar-refractivity contribution in [2.45, 2.75) is 6.92 Å². The van der Waals surface area contributed by atoms with Gasteiger partial charge in [0, 0.05) is 12.5 Å². The molecule has 2 aromatic carbocycles. The summed E-state index contributed by atoms with van der Waals surface area (Å²) < 4.78 is 0. The van der Waals surface area contributed by atoms with Crippen molar-refractivity contribution >= 4 is 40.7 Å². The molecule has 0 aliphatic carbocycles. The van der Waals surface area contributed by atoms with E-state index in [1.165, 1.54) is 0 Å². The van der Waals surface area contributed by atoms with Crippen molar-refractivity contribution in [2.75, 3.05) is 26.1 Å². The lowest BCUT2D eigenvalue weighted by molar-refractivity contribution is 0.381. The zero-order chi connectivity index (χ0) is 18.2. The quantitative estimate of drug-likeness (QED) is 0.498. The predicted octanol–water partition coefficient (Wildman–Crippen LogP) is 5.67. The molecule has 0 aliphatic heterocycles. The fourth-order valence-corrected chi connectivity index (χ4v) is 2.70. The molecule has 0 heterocycles. The van der Waals surface area contributed by atoms with Crippen LogP contribution in [0.25, 0.3) is 6.08 Å². The Hall–Kier alpha value is -1.81. The van der Waals surface area contributed by atoms with Crippen LogP contribution < -0.4 is 5.43 Å². The number of hydrazone groups is 1. The van der Waals surface area contributed by atoms with Gasteiger partial charge in [0.2, 0.25) is 0 Å². The van der Waals surface area contributed by atoms with Gasteiger partial charge in [0.25, 0.3) is 0 Å². The molecule has 25 heavy (non-hydrogen) atoms. The predicted molar refractivity (Wildman–Crippen MR) is 111 cm³/mol. The van der Waals surface area contributed by atoms with Crippen molar-refractivity contribution in [3.8, 4) is 0 Å². The van der Waals surface area contributed by atoms with Gasteiger partial charge >= 0.3 is 0 Å². The lowest BCUT2D eigenvalue weighted by atomic mass is 10.0. The number of rotatable bonds is 7. The molecule has 132 valence electrons. The molecule has 2 aromatic rings. The molecule has 3 nitrogen and oxygen atoms in total. The van der Waals surface area contributed by atoms with Crippen LogP contribution in [0.15, 0.2) is 59.7 Å². The number of hydrogen-bond donors (Lipinski definition) is 1. The van der Waals surface area contributed by atoms with Gasteiger partial charge in [-0.25, -0.2) is 0 Å². The molecular formula is C20H23Cl2N3. The lowest BCUT2D eigenvalue weighted by Crippen LogP contribution is -2.25. The minimum absolute atomic E-state index is 0.269. The van der Waals surface area contributed by atoms with Crippen molar-refractivity contribution in [3.63, 3.8) is 0 Å². The molecule has 0 unspecified atom stereocenters. The third kappa shape index (κ3) is 6.54. The van der Waals surface area contributed by atoms with Gasteiger partial charge in [-0.05, 0) is 50.0 Å². The van der Waals surface area contributed by atoms with Crippen molar-refractivity contribution in [2.24, 2.45) is 11.0 Å². The summed E-state index contributed by atoms with van der Waals surface area (Å²) in [5.74, 6) is 0.269. The molecule has 0 radical (unpaired) electrons. The Balaban J connectivity index is 2.20. The van der Waals surface area contributed by atoms with E-state index in [9.17, 15) is 0 Å². The van der Waals surface area contributed by atoms with Crippen LogP contribution in [0.4, 0.5) is 5.69 Å². The fraction of sp³-hybridized carbons (Fsp3) is 0.250. The van der Waals surface area contributed by atoms with Gasteiger partial charge in [0.15, 0.2) is 0 Å². The minimum Gasteiger partial charge on any atom is -0.309 e. The highest BCUT2D eigenvalue weighted by molar-refractivity contribution is 6.42. The SMILES string of the molecule is C[C@@H](CN(C)C)C(/C=C/c1ccc(Cl)c(Cl)c1)=N\Nc1ccccc1. The number of halogens is 2. The van der Waals surface area contributed by atoms with Gasteiger partial charge < -0.3 is 4.90 Å². The summed E-state index contributed by atoms with van der Waals surface area (Å²) in [7, 11) is 4.11. The van der Waals surface area contributed by atoms with E-state index in [-0.39, 0.29) is 5.92 Å². The summed E-state index contributed by atoms with van der Waals surface area (Å²) in [5.41, 5.74) is 6.03. The van der Waals surface area contributed by atoms with Crippen LogP contribution in [0.5, 0.6) is 0 Å². The highest BCUT2D eigenvalue weighted by Crippen LogP contribution is 2.23. The van der Waals surface area contributed by atoms with Gasteiger partial charge in [-0.1, -0.05) is 60.5 Å². The number of hydrogen-bond acceptors (Lipinski definition) is 3. The zero-order valence-corrected chi connectivity index (χ0v) is 16.2. The van der Waals surface area contributed by atoms with Gasteiger partial charge in [-0.3, -0.25) is 5.43 Å². The third-order valence-corrected chi connectivity index (χ3v) is 4.36. The summed E-state index contributed by atoms with van der Waals surface area (Å²) in [6.07, 6.45) is 4.02. The maximum absolute atomic E-state index is 6.09. The molecule has 5 heteroatoms. The Morgan fingerprint density at radius 2 is 1.84 bits per heavy atom. The summed E-state index contributed by atoms with van der Waals surface area (Å²) in [6, 6.07) is 15.5. The monoisotopic (exact) mass is 375 g/mol. The first-order valence-electron chi connectivity index (χ1n) is 8.12. The van der Waals surface area contributed by atoms with Crippen LogP contribution in [-0.4, -0.2) is 31.3 Å². The number of nitrogens with zero attached hydrogens (tertiary/aromatic N) is 2. The molecule has 0 aliphatic rings. The average molecular weight is 376 g/mol. The van der Waals surface area contributed by atoms with E-state index >= 15 is 0 Å². The van der Waals surface area contributed by atoms with E-state index < -0.39 is 0 Å². The highest BCUT2D eigenvalue weighted by atomic mass is 35.5. The first kappa shape index (κ1) is 19.5. The molecule has 0 saturated carbocycles.